The number of hydrogen-bond donors (Lipinski definition) is 0. The molecule has 0 atom stereocenters. The van der Waals surface area contributed by atoms with E-state index in [1.54, 1.807) is 13.4 Å². The van der Waals surface area contributed by atoms with Gasteiger partial charge in [0.2, 0.25) is 0 Å². The summed E-state index contributed by atoms with van der Waals surface area (Å²) >= 11 is 0. The summed E-state index contributed by atoms with van der Waals surface area (Å²) in [6, 6.07) is 0. The molecule has 0 aliphatic rings. The van der Waals surface area contributed by atoms with Gasteiger partial charge in [0.25, 0.3) is 7.11 Å². The third-order valence-electron chi connectivity index (χ3n) is 0.319. The van der Waals surface area contributed by atoms with Crippen molar-refractivity contribution in [3.63, 3.8) is 0 Å². The van der Waals surface area contributed by atoms with Crippen molar-refractivity contribution < 1.29 is 4.42 Å². The van der Waals surface area contributed by atoms with Crippen molar-refractivity contribution in [1.29, 1.82) is 0 Å². The smallest absolute Gasteiger partial charge is 0.265 e. The third kappa shape index (κ3) is 3.41. The second-order valence-corrected chi connectivity index (χ2v) is 1.20. The molecule has 0 aliphatic heterocycles. The van der Waals surface area contributed by atoms with Gasteiger partial charge in [0.15, 0.2) is 0 Å². The van der Waals surface area contributed by atoms with Crippen LogP contribution in [0.3, 0.4) is 0 Å². The van der Waals surface area contributed by atoms with Crippen molar-refractivity contribution in [3.05, 3.63) is 12.2 Å². The second kappa shape index (κ2) is 2.64. The summed E-state index contributed by atoms with van der Waals surface area (Å²) in [6.07, 6.45) is 1.60. The van der Waals surface area contributed by atoms with Crippen LogP contribution in [0.25, 0.3) is 0 Å². The summed E-state index contributed by atoms with van der Waals surface area (Å²) in [4.78, 5) is 0. The summed E-state index contributed by atoms with van der Waals surface area (Å²) < 4.78 is 4.58. The molecule has 0 aromatic rings. The van der Waals surface area contributed by atoms with Gasteiger partial charge in [-0.15, -0.1) is 0 Å². The zero-order chi connectivity index (χ0) is 4.99. The predicted octanol–water partition coefficient (Wildman–Crippen LogP) is 0.927. The largest absolute Gasteiger partial charge is 0.310 e. The molecule has 0 saturated carbocycles. The minimum absolute atomic E-state index is 0.942. The molecule has 0 saturated heterocycles. The predicted molar refractivity (Wildman–Crippen MR) is 26.8 cm³/mol. The van der Waals surface area contributed by atoms with Crippen molar-refractivity contribution in [3.8, 4) is 0 Å². The maximum atomic E-state index is 4.58. The first-order valence-corrected chi connectivity index (χ1v) is 1.79. The van der Waals surface area contributed by atoms with Crippen LogP contribution in [-0.4, -0.2) is 13.4 Å². The highest BCUT2D eigenvalue weighted by Gasteiger charge is 1.77. The summed E-state index contributed by atoms with van der Waals surface area (Å²) in [5.74, 6) is 0. The van der Waals surface area contributed by atoms with Crippen LogP contribution in [0.5, 0.6) is 0 Å². The van der Waals surface area contributed by atoms with E-state index in [4.69, 9.17) is 0 Å². The molecule has 0 rings (SSSR count). The van der Waals surface area contributed by atoms with Gasteiger partial charge < -0.3 is 0 Å². The van der Waals surface area contributed by atoms with Crippen LogP contribution in [0.1, 0.15) is 6.92 Å². The Labute approximate surface area is 38.0 Å². The van der Waals surface area contributed by atoms with Crippen LogP contribution in [0.2, 0.25) is 0 Å². The molecule has 6 heavy (non-hydrogen) atoms. The molecule has 0 aliphatic carbocycles. The number of rotatable bonds is 1. The van der Waals surface area contributed by atoms with Crippen molar-refractivity contribution in [2.24, 2.45) is 0 Å². The molecule has 0 radical (unpaired) electrons. The average Bonchev–Trinajstić information content (AvgIpc) is 1.35. The average molecular weight is 85.1 g/mol. The van der Waals surface area contributed by atoms with Gasteiger partial charge in [0, 0.05) is 5.57 Å². The van der Waals surface area contributed by atoms with Gasteiger partial charge in [-0.25, -0.2) is 0 Å². The van der Waals surface area contributed by atoms with E-state index in [2.05, 4.69) is 11.0 Å². The van der Waals surface area contributed by atoms with Gasteiger partial charge in [-0.3, -0.25) is 4.42 Å². The molecule has 0 heterocycles. The Bertz CT molecular complexity index is 72.0. The Morgan fingerprint density at radius 2 is 2.33 bits per heavy atom. The standard InChI is InChI=1S/C5H9O/c1-5(2)4-6-3/h4H,1H2,2-3H3/q+1. The third-order valence-corrected chi connectivity index (χ3v) is 0.319. The summed E-state index contributed by atoms with van der Waals surface area (Å²) in [6.45, 7) is 5.44. The molecule has 0 bridgehead atoms. The topological polar surface area (TPSA) is 11.3 Å². The highest BCUT2D eigenvalue weighted by molar-refractivity contribution is 5.71. The molecule has 34 valence electrons. The number of hydrogen-bond acceptors (Lipinski definition) is 0. The molecular formula is C5H9O+. The molecule has 0 amide bonds. The SMILES string of the molecule is C=C(C)C=[O+]C. The Kier molecular flexibility index (Phi) is 2.38. The van der Waals surface area contributed by atoms with Gasteiger partial charge >= 0.3 is 6.29 Å². The summed E-state index contributed by atoms with van der Waals surface area (Å²) in [7, 11) is 1.61. The van der Waals surface area contributed by atoms with E-state index in [1.165, 1.54) is 0 Å². The van der Waals surface area contributed by atoms with E-state index in [9.17, 15) is 0 Å². The first kappa shape index (κ1) is 5.41. The molecule has 0 aromatic carbocycles. The van der Waals surface area contributed by atoms with Gasteiger partial charge in [0.1, 0.15) is 0 Å². The Hall–Kier alpha value is -0.590. The first-order chi connectivity index (χ1) is 2.77. The van der Waals surface area contributed by atoms with Crippen LogP contribution in [0, 0.1) is 0 Å². The minimum atomic E-state index is 0.942. The van der Waals surface area contributed by atoms with Crippen LogP contribution in [0.15, 0.2) is 12.2 Å². The van der Waals surface area contributed by atoms with Crippen LogP contribution < -0.4 is 0 Å². The van der Waals surface area contributed by atoms with Crippen LogP contribution in [0.4, 0.5) is 0 Å². The van der Waals surface area contributed by atoms with E-state index >= 15 is 0 Å². The molecule has 0 aromatic heterocycles. The molecular weight excluding hydrogens is 76.1 g/mol. The molecule has 0 fully saturated rings. The molecule has 0 spiro atoms. The molecule has 0 unspecified atom stereocenters. The van der Waals surface area contributed by atoms with Gasteiger partial charge in [-0.05, 0) is 6.92 Å². The van der Waals surface area contributed by atoms with E-state index in [0.29, 0.717) is 0 Å². The van der Waals surface area contributed by atoms with Crippen molar-refractivity contribution in [2.45, 2.75) is 6.92 Å². The maximum absolute atomic E-state index is 4.58. The zero-order valence-electron chi connectivity index (χ0n) is 4.19. The Morgan fingerprint density at radius 3 is 2.33 bits per heavy atom. The highest BCUT2D eigenvalue weighted by atomic mass is 16.4. The molecule has 1 nitrogen and oxygen atoms in total. The van der Waals surface area contributed by atoms with Crippen LogP contribution >= 0.6 is 0 Å². The van der Waals surface area contributed by atoms with Gasteiger partial charge in [-0.2, -0.15) is 0 Å². The Balaban J connectivity index is 3.30. The van der Waals surface area contributed by atoms with Crippen molar-refractivity contribution in [2.75, 3.05) is 7.11 Å². The summed E-state index contributed by atoms with van der Waals surface area (Å²) in [5.41, 5.74) is 0.942. The lowest BCUT2D eigenvalue weighted by molar-refractivity contribution is -0.413. The normalized spacial score (nSPS) is 9.67. The van der Waals surface area contributed by atoms with Crippen molar-refractivity contribution >= 4 is 6.29 Å². The van der Waals surface area contributed by atoms with E-state index in [0.717, 1.165) is 5.57 Å². The van der Waals surface area contributed by atoms with Gasteiger partial charge in [-0.1, -0.05) is 6.58 Å². The number of carbonyl (C=O) groups excluding carboxylic acids is 1. The minimum Gasteiger partial charge on any atom is -0.265 e. The monoisotopic (exact) mass is 85.1 g/mol. The lowest BCUT2D eigenvalue weighted by Crippen LogP contribution is -1.73. The van der Waals surface area contributed by atoms with Crippen molar-refractivity contribution in [1.82, 2.24) is 0 Å². The maximum Gasteiger partial charge on any atom is 0.310 e. The lowest BCUT2D eigenvalue weighted by Gasteiger charge is -1.64. The molecule has 1 heteroatoms. The van der Waals surface area contributed by atoms with Gasteiger partial charge in [0.05, 0.1) is 0 Å². The molecule has 0 N–H and O–H groups in total. The van der Waals surface area contributed by atoms with Crippen LogP contribution in [-0.2, 0) is 4.42 Å². The number of allylic oxidation sites excluding steroid dienone is 1. The number of aldehydes is 1. The van der Waals surface area contributed by atoms with E-state index in [-0.39, 0.29) is 0 Å². The zero-order valence-corrected chi connectivity index (χ0v) is 4.19. The Morgan fingerprint density at radius 1 is 1.83 bits per heavy atom. The second-order valence-electron chi connectivity index (χ2n) is 1.20. The quantitative estimate of drug-likeness (QED) is 0.255. The fourth-order valence-electron chi connectivity index (χ4n) is 0.201. The lowest BCUT2D eigenvalue weighted by atomic mass is 10.4. The fourth-order valence-corrected chi connectivity index (χ4v) is 0.201. The fraction of sp³-hybridized carbons (Fsp3) is 0.400. The summed E-state index contributed by atoms with van der Waals surface area (Å²) in [5, 5.41) is 0. The first-order valence-electron chi connectivity index (χ1n) is 1.79. The van der Waals surface area contributed by atoms with E-state index < -0.39 is 0 Å². The van der Waals surface area contributed by atoms with E-state index in [1.807, 2.05) is 6.92 Å². The highest BCUT2D eigenvalue weighted by Crippen LogP contribution is 1.72.